The van der Waals surface area contributed by atoms with Crippen LogP contribution < -0.4 is 11.3 Å². The average molecular weight is 284 g/mol. The predicted molar refractivity (Wildman–Crippen MR) is 78.9 cm³/mol. The van der Waals surface area contributed by atoms with Gasteiger partial charge in [0.1, 0.15) is 0 Å². The summed E-state index contributed by atoms with van der Waals surface area (Å²) in [5.41, 5.74) is 2.13. The average Bonchev–Trinajstić information content (AvgIpc) is 2.90. The predicted octanol–water partition coefficient (Wildman–Crippen LogP) is 3.08. The summed E-state index contributed by atoms with van der Waals surface area (Å²) >= 11 is 1.43. The van der Waals surface area contributed by atoms with Crippen LogP contribution in [-0.4, -0.2) is 12.5 Å². The highest BCUT2D eigenvalue weighted by molar-refractivity contribution is 7.14. The minimum absolute atomic E-state index is 0.245. The molecular weight excluding hydrogens is 260 g/mol. The minimum atomic E-state index is -0.245. The van der Waals surface area contributed by atoms with Crippen molar-refractivity contribution >= 4 is 17.2 Å². The summed E-state index contributed by atoms with van der Waals surface area (Å²) in [4.78, 5) is 13.0. The van der Waals surface area contributed by atoms with E-state index in [2.05, 4.69) is 19.3 Å². The van der Waals surface area contributed by atoms with E-state index in [9.17, 15) is 4.79 Å². The SMILES string of the molecule is CCCCC(CC)COCc1ccc(C(=O)NN)s1. The van der Waals surface area contributed by atoms with Gasteiger partial charge in [0.05, 0.1) is 11.5 Å². The lowest BCUT2D eigenvalue weighted by molar-refractivity contribution is 0.0836. The van der Waals surface area contributed by atoms with Gasteiger partial charge in [0, 0.05) is 11.5 Å². The zero-order chi connectivity index (χ0) is 14.1. The molecule has 108 valence electrons. The number of amides is 1. The number of nitrogen functional groups attached to an aromatic ring is 1. The van der Waals surface area contributed by atoms with Crippen molar-refractivity contribution in [1.82, 2.24) is 5.43 Å². The molecule has 0 saturated carbocycles. The molecule has 0 saturated heterocycles. The second-order valence-corrected chi connectivity index (χ2v) is 5.84. The molecule has 1 heterocycles. The molecule has 3 N–H and O–H groups in total. The molecule has 4 nitrogen and oxygen atoms in total. The maximum absolute atomic E-state index is 11.3. The number of hydrogen-bond donors (Lipinski definition) is 2. The molecule has 0 aromatic carbocycles. The molecular formula is C14H24N2O2S. The van der Waals surface area contributed by atoms with Gasteiger partial charge in [-0.25, -0.2) is 5.84 Å². The fraction of sp³-hybridized carbons (Fsp3) is 0.643. The topological polar surface area (TPSA) is 64.3 Å². The molecule has 19 heavy (non-hydrogen) atoms. The summed E-state index contributed by atoms with van der Waals surface area (Å²) in [7, 11) is 0. The van der Waals surface area contributed by atoms with E-state index in [1.165, 1.54) is 30.6 Å². The Hall–Kier alpha value is -0.910. The summed E-state index contributed by atoms with van der Waals surface area (Å²) in [6.07, 6.45) is 4.89. The third-order valence-corrected chi connectivity index (χ3v) is 4.22. The molecule has 1 amide bonds. The normalized spacial score (nSPS) is 12.4. The molecule has 0 aliphatic heterocycles. The second kappa shape index (κ2) is 9.07. The van der Waals surface area contributed by atoms with Crippen molar-refractivity contribution in [2.75, 3.05) is 6.61 Å². The molecule has 1 atom stereocenters. The van der Waals surface area contributed by atoms with Gasteiger partial charge in [0.25, 0.3) is 5.91 Å². The number of carbonyl (C=O) groups excluding carboxylic acids is 1. The van der Waals surface area contributed by atoms with Crippen molar-refractivity contribution in [1.29, 1.82) is 0 Å². The quantitative estimate of drug-likeness (QED) is 0.416. The molecule has 0 spiro atoms. The summed E-state index contributed by atoms with van der Waals surface area (Å²) in [5.74, 6) is 5.49. The Balaban J connectivity index is 2.32. The van der Waals surface area contributed by atoms with Gasteiger partial charge in [-0.3, -0.25) is 10.2 Å². The highest BCUT2D eigenvalue weighted by atomic mass is 32.1. The number of carbonyl (C=O) groups is 1. The van der Waals surface area contributed by atoms with E-state index in [1.807, 2.05) is 6.07 Å². The van der Waals surface area contributed by atoms with Crippen LogP contribution in [0, 0.1) is 5.92 Å². The summed E-state index contributed by atoms with van der Waals surface area (Å²) < 4.78 is 5.74. The van der Waals surface area contributed by atoms with Gasteiger partial charge < -0.3 is 4.74 Å². The van der Waals surface area contributed by atoms with E-state index in [4.69, 9.17) is 10.6 Å². The van der Waals surface area contributed by atoms with Gasteiger partial charge in [-0.05, 0) is 24.5 Å². The lowest BCUT2D eigenvalue weighted by atomic mass is 10.0. The van der Waals surface area contributed by atoms with Crippen molar-refractivity contribution in [2.45, 2.75) is 46.1 Å². The smallest absolute Gasteiger partial charge is 0.275 e. The van der Waals surface area contributed by atoms with Gasteiger partial charge in [-0.2, -0.15) is 0 Å². The molecule has 0 fully saturated rings. The van der Waals surface area contributed by atoms with E-state index in [0.717, 1.165) is 17.9 Å². The molecule has 1 aromatic rings. The van der Waals surface area contributed by atoms with Crippen LogP contribution in [0.15, 0.2) is 12.1 Å². The molecule has 1 rings (SSSR count). The van der Waals surface area contributed by atoms with E-state index >= 15 is 0 Å². The number of hydrogen-bond acceptors (Lipinski definition) is 4. The fourth-order valence-corrected chi connectivity index (χ4v) is 2.72. The minimum Gasteiger partial charge on any atom is -0.376 e. The summed E-state index contributed by atoms with van der Waals surface area (Å²) in [6.45, 7) is 5.79. The van der Waals surface area contributed by atoms with Gasteiger partial charge in [-0.1, -0.05) is 33.1 Å². The Labute approximate surface area is 119 Å². The van der Waals surface area contributed by atoms with E-state index in [1.54, 1.807) is 6.07 Å². The van der Waals surface area contributed by atoms with E-state index < -0.39 is 0 Å². The van der Waals surface area contributed by atoms with Crippen LogP contribution >= 0.6 is 11.3 Å². The molecule has 1 unspecified atom stereocenters. The monoisotopic (exact) mass is 284 g/mol. The molecule has 5 heteroatoms. The first-order valence-corrected chi connectivity index (χ1v) is 7.70. The first-order valence-electron chi connectivity index (χ1n) is 6.88. The summed E-state index contributed by atoms with van der Waals surface area (Å²) in [5, 5.41) is 0. The van der Waals surface area contributed by atoms with Gasteiger partial charge in [0.15, 0.2) is 0 Å². The Morgan fingerprint density at radius 1 is 1.47 bits per heavy atom. The number of ether oxygens (including phenoxy) is 1. The second-order valence-electron chi connectivity index (χ2n) is 4.67. The van der Waals surface area contributed by atoms with Gasteiger partial charge in [-0.15, -0.1) is 11.3 Å². The number of hydrazine groups is 1. The maximum Gasteiger partial charge on any atom is 0.275 e. The Bertz CT molecular complexity index is 379. The zero-order valence-electron chi connectivity index (χ0n) is 11.8. The number of thiophene rings is 1. The van der Waals surface area contributed by atoms with Crippen LogP contribution in [0.4, 0.5) is 0 Å². The Morgan fingerprint density at radius 2 is 2.26 bits per heavy atom. The van der Waals surface area contributed by atoms with Crippen LogP contribution in [-0.2, 0) is 11.3 Å². The molecule has 0 aliphatic carbocycles. The van der Waals surface area contributed by atoms with Crippen molar-refractivity contribution in [3.05, 3.63) is 21.9 Å². The van der Waals surface area contributed by atoms with Crippen molar-refractivity contribution in [3.63, 3.8) is 0 Å². The molecule has 1 aromatic heterocycles. The number of rotatable bonds is 9. The van der Waals surface area contributed by atoms with Crippen LogP contribution in [0.3, 0.4) is 0 Å². The highest BCUT2D eigenvalue weighted by Gasteiger charge is 2.09. The number of nitrogens with one attached hydrogen (secondary N) is 1. The van der Waals surface area contributed by atoms with Crippen LogP contribution in [0.25, 0.3) is 0 Å². The number of unbranched alkanes of at least 4 members (excludes halogenated alkanes) is 1. The van der Waals surface area contributed by atoms with Crippen LogP contribution in [0.2, 0.25) is 0 Å². The maximum atomic E-state index is 11.3. The molecule has 0 aliphatic rings. The summed E-state index contributed by atoms with van der Waals surface area (Å²) in [6, 6.07) is 3.70. The number of nitrogens with two attached hydrogens (primary N) is 1. The largest absolute Gasteiger partial charge is 0.376 e. The third-order valence-electron chi connectivity index (χ3n) is 3.16. The Morgan fingerprint density at radius 3 is 2.89 bits per heavy atom. The first kappa shape index (κ1) is 16.1. The van der Waals surface area contributed by atoms with Gasteiger partial charge in [0.2, 0.25) is 0 Å². The lowest BCUT2D eigenvalue weighted by Gasteiger charge is -2.14. The zero-order valence-corrected chi connectivity index (χ0v) is 12.6. The van der Waals surface area contributed by atoms with Crippen LogP contribution in [0.1, 0.15) is 54.1 Å². The first-order chi connectivity index (χ1) is 9.21. The van der Waals surface area contributed by atoms with Crippen molar-refractivity contribution in [3.8, 4) is 0 Å². The highest BCUT2D eigenvalue weighted by Crippen LogP contribution is 2.19. The van der Waals surface area contributed by atoms with Crippen molar-refractivity contribution < 1.29 is 9.53 Å². The Kier molecular flexibility index (Phi) is 7.70. The third kappa shape index (κ3) is 5.72. The fourth-order valence-electron chi connectivity index (χ4n) is 1.87. The van der Waals surface area contributed by atoms with Gasteiger partial charge >= 0.3 is 0 Å². The van der Waals surface area contributed by atoms with Crippen LogP contribution in [0.5, 0.6) is 0 Å². The molecule has 0 radical (unpaired) electrons. The van der Waals surface area contributed by atoms with Crippen molar-refractivity contribution in [2.24, 2.45) is 11.8 Å². The standard InChI is InChI=1S/C14H24N2O2S/c1-3-5-6-11(4-2)9-18-10-12-7-8-13(19-12)14(17)16-15/h7-8,11H,3-6,9-10,15H2,1-2H3,(H,16,17). The van der Waals surface area contributed by atoms with E-state index in [-0.39, 0.29) is 5.91 Å². The lowest BCUT2D eigenvalue weighted by Crippen LogP contribution is -2.29. The molecule has 0 bridgehead atoms. The van der Waals surface area contributed by atoms with E-state index in [0.29, 0.717) is 17.4 Å².